The van der Waals surface area contributed by atoms with Gasteiger partial charge in [-0.25, -0.2) is 0 Å². The Balaban J connectivity index is 2.26. The quantitative estimate of drug-likeness (QED) is 0.707. The highest BCUT2D eigenvalue weighted by Gasteiger charge is 2.29. The Labute approximate surface area is 81.4 Å². The molecule has 72 valence electrons. The zero-order valence-corrected chi connectivity index (χ0v) is 8.42. The van der Waals surface area contributed by atoms with E-state index in [1.54, 1.807) is 6.33 Å². The van der Waals surface area contributed by atoms with Gasteiger partial charge in [0.05, 0.1) is 6.61 Å². The number of hydrogen-bond donors (Lipinski definition) is 1. The smallest absolute Gasteiger partial charge is 0.134 e. The molecule has 4 nitrogen and oxygen atoms in total. The minimum atomic E-state index is -0.0821. The molecule has 0 bridgehead atoms. The molecule has 1 aliphatic heterocycles. The Hall–Kier alpha value is -0.550. The number of thioether (sulfide) groups is 1. The number of nitrogens with zero attached hydrogens (tertiary/aromatic N) is 3. The molecule has 1 aliphatic rings. The summed E-state index contributed by atoms with van der Waals surface area (Å²) in [7, 11) is 0. The summed E-state index contributed by atoms with van der Waals surface area (Å²) in [6.07, 6.45) is 2.56. The first-order chi connectivity index (χ1) is 6.23. The highest BCUT2D eigenvalue weighted by molar-refractivity contribution is 8.00. The largest absolute Gasteiger partial charge is 0.395 e. The molecule has 1 N–H and O–H groups in total. The molecule has 0 amide bonds. The molecule has 1 atom stereocenters. The lowest BCUT2D eigenvalue weighted by molar-refractivity contribution is 0.254. The van der Waals surface area contributed by atoms with Crippen molar-refractivity contribution in [3.8, 4) is 0 Å². The fourth-order valence-corrected chi connectivity index (χ4v) is 2.58. The van der Waals surface area contributed by atoms with Crippen LogP contribution in [-0.2, 0) is 13.0 Å². The van der Waals surface area contributed by atoms with Crippen LogP contribution < -0.4 is 0 Å². The molecule has 0 aliphatic carbocycles. The molecule has 0 saturated carbocycles. The third-order valence-corrected chi connectivity index (χ3v) is 3.70. The summed E-state index contributed by atoms with van der Waals surface area (Å²) in [5, 5.41) is 17.2. The Kier molecular flexibility index (Phi) is 2.29. The van der Waals surface area contributed by atoms with E-state index in [0.29, 0.717) is 0 Å². The normalized spacial score (nSPS) is 28.2. The standard InChI is InChI=1S/C8H13N3OS/c1-8(5-12)4-7-10-9-6-11(7)2-3-13-8/h6,12H,2-5H2,1H3. The van der Waals surface area contributed by atoms with Gasteiger partial charge in [0.25, 0.3) is 0 Å². The van der Waals surface area contributed by atoms with Crippen molar-refractivity contribution in [3.63, 3.8) is 0 Å². The van der Waals surface area contributed by atoms with E-state index in [9.17, 15) is 5.11 Å². The highest BCUT2D eigenvalue weighted by Crippen LogP contribution is 2.30. The summed E-state index contributed by atoms with van der Waals surface area (Å²) in [6, 6.07) is 0. The first-order valence-electron chi connectivity index (χ1n) is 4.35. The van der Waals surface area contributed by atoms with Crippen molar-refractivity contribution in [2.75, 3.05) is 12.4 Å². The van der Waals surface area contributed by atoms with Gasteiger partial charge in [-0.3, -0.25) is 0 Å². The van der Waals surface area contributed by atoms with E-state index in [1.165, 1.54) is 0 Å². The number of aliphatic hydroxyl groups excluding tert-OH is 1. The molecule has 1 unspecified atom stereocenters. The van der Waals surface area contributed by atoms with Crippen molar-refractivity contribution >= 4 is 11.8 Å². The third kappa shape index (κ3) is 1.71. The van der Waals surface area contributed by atoms with Gasteiger partial charge in [0.15, 0.2) is 0 Å². The number of aromatic nitrogens is 3. The monoisotopic (exact) mass is 199 g/mol. The summed E-state index contributed by atoms with van der Waals surface area (Å²) >= 11 is 1.81. The lowest BCUT2D eigenvalue weighted by Gasteiger charge is -2.23. The van der Waals surface area contributed by atoms with Gasteiger partial charge in [0, 0.05) is 23.5 Å². The number of fused-ring (bicyclic) bond motifs is 1. The summed E-state index contributed by atoms with van der Waals surface area (Å²) in [5.74, 6) is 2.00. The lowest BCUT2D eigenvalue weighted by atomic mass is 10.1. The Bertz CT molecular complexity index is 301. The van der Waals surface area contributed by atoms with Gasteiger partial charge in [0.1, 0.15) is 12.2 Å². The number of rotatable bonds is 1. The van der Waals surface area contributed by atoms with Crippen molar-refractivity contribution in [1.29, 1.82) is 0 Å². The summed E-state index contributed by atoms with van der Waals surface area (Å²) < 4.78 is 1.98. The van der Waals surface area contributed by atoms with Gasteiger partial charge in [-0.05, 0) is 6.92 Å². The van der Waals surface area contributed by atoms with E-state index in [2.05, 4.69) is 21.7 Å². The molecule has 2 rings (SSSR count). The van der Waals surface area contributed by atoms with E-state index in [0.717, 1.165) is 24.5 Å². The molecule has 0 spiro atoms. The van der Waals surface area contributed by atoms with Crippen LogP contribution >= 0.6 is 11.8 Å². The van der Waals surface area contributed by atoms with E-state index in [-0.39, 0.29) is 11.4 Å². The predicted molar refractivity (Wildman–Crippen MR) is 51.7 cm³/mol. The second kappa shape index (κ2) is 3.31. The van der Waals surface area contributed by atoms with Crippen LogP contribution in [0.15, 0.2) is 6.33 Å². The molecule has 5 heteroatoms. The third-order valence-electron chi connectivity index (χ3n) is 2.34. The van der Waals surface area contributed by atoms with E-state index in [4.69, 9.17) is 0 Å². The summed E-state index contributed by atoms with van der Waals surface area (Å²) in [6.45, 7) is 3.22. The highest BCUT2D eigenvalue weighted by atomic mass is 32.2. The number of aliphatic hydroxyl groups is 1. The maximum Gasteiger partial charge on any atom is 0.134 e. The molecule has 1 aromatic rings. The van der Waals surface area contributed by atoms with Crippen LogP contribution in [0.5, 0.6) is 0 Å². The number of hydrogen-bond acceptors (Lipinski definition) is 4. The van der Waals surface area contributed by atoms with Crippen LogP contribution in [0.3, 0.4) is 0 Å². The lowest BCUT2D eigenvalue weighted by Crippen LogP contribution is -2.28. The van der Waals surface area contributed by atoms with Crippen LogP contribution in [0.2, 0.25) is 0 Å². The molecular formula is C8H13N3OS. The maximum atomic E-state index is 9.26. The minimum absolute atomic E-state index is 0.0821. The van der Waals surface area contributed by atoms with Crippen molar-refractivity contribution < 1.29 is 5.11 Å². The fraction of sp³-hybridized carbons (Fsp3) is 0.750. The van der Waals surface area contributed by atoms with Crippen LogP contribution in [0, 0.1) is 0 Å². The van der Waals surface area contributed by atoms with Crippen molar-refractivity contribution in [2.45, 2.75) is 24.6 Å². The average Bonchev–Trinajstić information content (AvgIpc) is 2.47. The van der Waals surface area contributed by atoms with Crippen LogP contribution in [0.25, 0.3) is 0 Å². The SMILES string of the molecule is CC1(CO)Cc2nncn2CCS1. The molecule has 0 saturated heterocycles. The minimum Gasteiger partial charge on any atom is -0.395 e. The first-order valence-corrected chi connectivity index (χ1v) is 5.34. The van der Waals surface area contributed by atoms with Crippen LogP contribution in [0.1, 0.15) is 12.7 Å². The van der Waals surface area contributed by atoms with Crippen molar-refractivity contribution in [3.05, 3.63) is 12.2 Å². The second-order valence-corrected chi connectivity index (χ2v) is 5.26. The molecule has 0 fully saturated rings. The number of aryl methyl sites for hydroxylation is 1. The Morgan fingerprint density at radius 1 is 1.77 bits per heavy atom. The molecule has 1 aromatic heterocycles. The first kappa shape index (κ1) is 9.02. The van der Waals surface area contributed by atoms with E-state index >= 15 is 0 Å². The van der Waals surface area contributed by atoms with Gasteiger partial charge < -0.3 is 9.67 Å². The molecular weight excluding hydrogens is 186 g/mol. The van der Waals surface area contributed by atoms with Crippen molar-refractivity contribution in [2.24, 2.45) is 0 Å². The van der Waals surface area contributed by atoms with Gasteiger partial charge >= 0.3 is 0 Å². The summed E-state index contributed by atoms with van der Waals surface area (Å²) in [4.78, 5) is 0. The van der Waals surface area contributed by atoms with E-state index < -0.39 is 0 Å². The van der Waals surface area contributed by atoms with Crippen LogP contribution in [-0.4, -0.2) is 37.0 Å². The molecule has 0 aromatic carbocycles. The van der Waals surface area contributed by atoms with Crippen molar-refractivity contribution in [1.82, 2.24) is 14.8 Å². The molecule has 0 radical (unpaired) electrons. The topological polar surface area (TPSA) is 50.9 Å². The fourth-order valence-electron chi connectivity index (χ4n) is 1.48. The predicted octanol–water partition coefficient (Wildman–Crippen LogP) is 0.318. The maximum absolute atomic E-state index is 9.26. The van der Waals surface area contributed by atoms with Gasteiger partial charge in [-0.1, -0.05) is 0 Å². The van der Waals surface area contributed by atoms with Gasteiger partial charge in [-0.2, -0.15) is 11.8 Å². The Morgan fingerprint density at radius 3 is 3.38 bits per heavy atom. The molecule has 13 heavy (non-hydrogen) atoms. The van der Waals surface area contributed by atoms with E-state index in [1.807, 2.05) is 11.8 Å². The average molecular weight is 199 g/mol. The Morgan fingerprint density at radius 2 is 2.62 bits per heavy atom. The zero-order valence-electron chi connectivity index (χ0n) is 7.60. The molecule has 2 heterocycles. The zero-order chi connectivity index (χ0) is 9.31. The van der Waals surface area contributed by atoms with Gasteiger partial charge in [-0.15, -0.1) is 10.2 Å². The van der Waals surface area contributed by atoms with Crippen LogP contribution in [0.4, 0.5) is 0 Å². The van der Waals surface area contributed by atoms with Gasteiger partial charge in [0.2, 0.25) is 0 Å². The summed E-state index contributed by atoms with van der Waals surface area (Å²) in [5.41, 5.74) is 0. The second-order valence-electron chi connectivity index (χ2n) is 3.57.